The predicted molar refractivity (Wildman–Crippen MR) is 83.4 cm³/mol. The smallest absolute Gasteiger partial charge is 0.248 e. The van der Waals surface area contributed by atoms with E-state index < -0.39 is 0 Å². The Hall–Kier alpha value is -2.24. The molecular weight excluding hydrogens is 306 g/mol. The van der Waals surface area contributed by atoms with Gasteiger partial charge in [-0.3, -0.25) is 0 Å². The molecule has 0 aliphatic rings. The normalized spacial score (nSPS) is 11.1. The Balaban J connectivity index is 1.76. The molecule has 6 heteroatoms. The summed E-state index contributed by atoms with van der Waals surface area (Å²) < 4.78 is 6.83. The van der Waals surface area contributed by atoms with Gasteiger partial charge >= 0.3 is 0 Å². The summed E-state index contributed by atoms with van der Waals surface area (Å²) in [6, 6.07) is 13.2. The molecule has 2 aromatic carbocycles. The molecule has 0 saturated carbocycles. The van der Waals surface area contributed by atoms with Crippen molar-refractivity contribution in [1.82, 2.24) is 15.2 Å². The van der Waals surface area contributed by atoms with E-state index in [2.05, 4.69) is 15.2 Å². The largest absolute Gasteiger partial charge is 0.416 e. The molecule has 4 rings (SSSR count). The van der Waals surface area contributed by atoms with Gasteiger partial charge in [0.15, 0.2) is 0 Å². The van der Waals surface area contributed by atoms with Crippen LogP contribution >= 0.6 is 22.9 Å². The average Bonchev–Trinajstić information content (AvgIpc) is 3.15. The summed E-state index contributed by atoms with van der Waals surface area (Å²) >= 11 is 7.56. The quantitative estimate of drug-likeness (QED) is 0.540. The van der Waals surface area contributed by atoms with Crippen LogP contribution in [0.25, 0.3) is 33.1 Å². The van der Waals surface area contributed by atoms with E-state index in [0.717, 1.165) is 21.3 Å². The van der Waals surface area contributed by atoms with Crippen molar-refractivity contribution in [3.05, 3.63) is 53.0 Å². The lowest BCUT2D eigenvalue weighted by molar-refractivity contribution is 0.584. The number of rotatable bonds is 2. The lowest BCUT2D eigenvalue weighted by Gasteiger charge is -1.96. The van der Waals surface area contributed by atoms with Crippen molar-refractivity contribution in [3.63, 3.8) is 0 Å². The van der Waals surface area contributed by atoms with E-state index in [1.807, 2.05) is 35.8 Å². The number of fused-ring (bicyclic) bond motifs is 1. The third kappa shape index (κ3) is 2.30. The Labute approximate surface area is 129 Å². The number of hydrogen-bond acceptors (Lipinski definition) is 5. The molecule has 0 aliphatic heterocycles. The number of benzene rings is 2. The Morgan fingerprint density at radius 1 is 0.952 bits per heavy atom. The molecule has 2 heterocycles. The van der Waals surface area contributed by atoms with Crippen molar-refractivity contribution in [2.24, 2.45) is 0 Å². The molecule has 0 unspecified atom stereocenters. The van der Waals surface area contributed by atoms with Crippen LogP contribution < -0.4 is 0 Å². The Bertz CT molecular complexity index is 931. The van der Waals surface area contributed by atoms with Gasteiger partial charge in [0.1, 0.15) is 0 Å². The number of halogens is 1. The second kappa shape index (κ2) is 4.95. The lowest BCUT2D eigenvalue weighted by Crippen LogP contribution is -1.77. The van der Waals surface area contributed by atoms with Crippen LogP contribution in [0.1, 0.15) is 0 Å². The molecule has 4 aromatic rings. The van der Waals surface area contributed by atoms with Crippen molar-refractivity contribution >= 4 is 33.2 Å². The second-order valence-electron chi connectivity index (χ2n) is 4.46. The maximum atomic E-state index is 5.98. The standard InChI is InChI=1S/C15H8ClN3OS/c16-11-3-1-2-9(6-11)14-18-19-15(20-14)10-4-5-12-13(7-10)21-8-17-12/h1-8H. The van der Waals surface area contributed by atoms with E-state index >= 15 is 0 Å². The zero-order valence-electron chi connectivity index (χ0n) is 10.7. The first-order valence-electron chi connectivity index (χ1n) is 6.23. The van der Waals surface area contributed by atoms with E-state index in [9.17, 15) is 0 Å². The van der Waals surface area contributed by atoms with Crippen LogP contribution in [0.15, 0.2) is 52.4 Å². The highest BCUT2D eigenvalue weighted by molar-refractivity contribution is 7.16. The number of aromatic nitrogens is 3. The van der Waals surface area contributed by atoms with Crippen LogP contribution in [-0.4, -0.2) is 15.2 Å². The minimum Gasteiger partial charge on any atom is -0.416 e. The minimum atomic E-state index is 0.455. The molecule has 2 aromatic heterocycles. The van der Waals surface area contributed by atoms with Crippen LogP contribution in [0.3, 0.4) is 0 Å². The van der Waals surface area contributed by atoms with Crippen molar-refractivity contribution in [3.8, 4) is 22.9 Å². The van der Waals surface area contributed by atoms with E-state index in [1.165, 1.54) is 0 Å². The lowest BCUT2D eigenvalue weighted by atomic mass is 10.2. The van der Waals surface area contributed by atoms with Crippen molar-refractivity contribution in [1.29, 1.82) is 0 Å². The van der Waals surface area contributed by atoms with Crippen LogP contribution in [-0.2, 0) is 0 Å². The van der Waals surface area contributed by atoms with Crippen LogP contribution in [0, 0.1) is 0 Å². The summed E-state index contributed by atoms with van der Waals surface area (Å²) in [5, 5.41) is 8.83. The molecule has 0 radical (unpaired) electrons. The van der Waals surface area contributed by atoms with E-state index in [0.29, 0.717) is 16.8 Å². The summed E-state index contributed by atoms with van der Waals surface area (Å²) in [5.41, 5.74) is 4.48. The van der Waals surface area contributed by atoms with Gasteiger partial charge in [0.2, 0.25) is 11.8 Å². The summed E-state index contributed by atoms with van der Waals surface area (Å²) in [5.74, 6) is 0.942. The second-order valence-corrected chi connectivity index (χ2v) is 5.78. The van der Waals surface area contributed by atoms with Gasteiger partial charge in [-0.05, 0) is 36.4 Å². The predicted octanol–water partition coefficient (Wildman–Crippen LogP) is 4.67. The Morgan fingerprint density at radius 2 is 1.76 bits per heavy atom. The fourth-order valence-corrected chi connectivity index (χ4v) is 2.97. The number of thiazole rings is 1. The first-order chi connectivity index (χ1) is 10.3. The molecular formula is C15H8ClN3OS. The van der Waals surface area contributed by atoms with E-state index in [4.69, 9.17) is 16.0 Å². The summed E-state index contributed by atoms with van der Waals surface area (Å²) in [7, 11) is 0. The fourth-order valence-electron chi connectivity index (χ4n) is 2.07. The van der Waals surface area contributed by atoms with Gasteiger partial charge in [0, 0.05) is 16.1 Å². The summed E-state index contributed by atoms with van der Waals surface area (Å²) in [4.78, 5) is 4.25. The molecule has 4 nitrogen and oxygen atoms in total. The van der Waals surface area contributed by atoms with Crippen LogP contribution in [0.2, 0.25) is 5.02 Å². The minimum absolute atomic E-state index is 0.455. The highest BCUT2D eigenvalue weighted by Crippen LogP contribution is 2.28. The number of hydrogen-bond donors (Lipinski definition) is 0. The fraction of sp³-hybridized carbons (Fsp3) is 0. The third-order valence-electron chi connectivity index (χ3n) is 3.07. The van der Waals surface area contributed by atoms with Gasteiger partial charge in [-0.15, -0.1) is 21.5 Å². The summed E-state index contributed by atoms with van der Waals surface area (Å²) in [6.45, 7) is 0. The monoisotopic (exact) mass is 313 g/mol. The van der Waals surface area contributed by atoms with Gasteiger partial charge in [0.05, 0.1) is 15.7 Å². The average molecular weight is 314 g/mol. The molecule has 0 spiro atoms. The zero-order valence-corrected chi connectivity index (χ0v) is 12.2. The van der Waals surface area contributed by atoms with Crippen molar-refractivity contribution in [2.75, 3.05) is 0 Å². The van der Waals surface area contributed by atoms with Crippen LogP contribution in [0.4, 0.5) is 0 Å². The van der Waals surface area contributed by atoms with E-state index in [1.54, 1.807) is 23.5 Å². The third-order valence-corrected chi connectivity index (χ3v) is 4.10. The van der Waals surface area contributed by atoms with Gasteiger partial charge in [-0.2, -0.15) is 0 Å². The van der Waals surface area contributed by atoms with Gasteiger partial charge in [0.25, 0.3) is 0 Å². The molecule has 0 atom stereocenters. The Kier molecular flexibility index (Phi) is 2.94. The van der Waals surface area contributed by atoms with Gasteiger partial charge in [-0.1, -0.05) is 17.7 Å². The van der Waals surface area contributed by atoms with Crippen LogP contribution in [0.5, 0.6) is 0 Å². The highest BCUT2D eigenvalue weighted by Gasteiger charge is 2.11. The number of nitrogens with zero attached hydrogens (tertiary/aromatic N) is 3. The van der Waals surface area contributed by atoms with Gasteiger partial charge in [-0.25, -0.2) is 4.98 Å². The van der Waals surface area contributed by atoms with Crippen molar-refractivity contribution in [2.45, 2.75) is 0 Å². The Morgan fingerprint density at radius 3 is 2.57 bits per heavy atom. The zero-order chi connectivity index (χ0) is 14.2. The molecule has 102 valence electrons. The first-order valence-corrected chi connectivity index (χ1v) is 7.48. The highest BCUT2D eigenvalue weighted by atomic mass is 35.5. The maximum Gasteiger partial charge on any atom is 0.248 e. The molecule has 21 heavy (non-hydrogen) atoms. The van der Waals surface area contributed by atoms with Crippen molar-refractivity contribution < 1.29 is 4.42 Å². The maximum absolute atomic E-state index is 5.98. The summed E-state index contributed by atoms with van der Waals surface area (Å²) in [6.07, 6.45) is 0. The molecule has 0 amide bonds. The molecule has 0 bridgehead atoms. The topological polar surface area (TPSA) is 51.8 Å². The first kappa shape index (κ1) is 12.5. The molecule has 0 N–H and O–H groups in total. The SMILES string of the molecule is Clc1cccc(-c2nnc(-c3ccc4ncsc4c3)o2)c1. The molecule has 0 saturated heterocycles. The van der Waals surface area contributed by atoms with Gasteiger partial charge < -0.3 is 4.42 Å². The van der Waals surface area contributed by atoms with E-state index in [-0.39, 0.29) is 0 Å². The molecule has 0 fully saturated rings. The molecule has 0 aliphatic carbocycles.